The molecule has 1 fully saturated rings. The molecule has 1 saturated carbocycles. The first kappa shape index (κ1) is 20.1. The second-order valence-electron chi connectivity index (χ2n) is 6.91. The van der Waals surface area contributed by atoms with E-state index in [1.54, 1.807) is 43.4 Å². The first-order valence-corrected chi connectivity index (χ1v) is 9.54. The van der Waals surface area contributed by atoms with Crippen LogP contribution in [0.1, 0.15) is 52.0 Å². The molecule has 0 bridgehead atoms. The Balaban J connectivity index is 2.07. The average molecular weight is 400 g/mol. The lowest BCUT2D eigenvalue weighted by Crippen LogP contribution is -2.54. The standard InChI is InChI=1S/C22H22ClNO4/c1-24(20(26)15-8-7-9-16(14-15)21(27)28-2)22(13-6-5-12-19(22)25)17-10-3-4-11-18(17)23/h3-4,7-11,14H,5-6,12-13H2,1-2H3. The van der Waals surface area contributed by atoms with Crippen LogP contribution in [0.4, 0.5) is 0 Å². The molecule has 28 heavy (non-hydrogen) atoms. The van der Waals surface area contributed by atoms with E-state index in [2.05, 4.69) is 0 Å². The first-order valence-electron chi connectivity index (χ1n) is 9.16. The fourth-order valence-electron chi connectivity index (χ4n) is 3.89. The minimum atomic E-state index is -1.12. The molecule has 0 N–H and O–H groups in total. The molecule has 2 aromatic carbocycles. The zero-order chi connectivity index (χ0) is 20.3. The number of nitrogens with zero attached hydrogens (tertiary/aromatic N) is 1. The van der Waals surface area contributed by atoms with Crippen LogP contribution in [0.15, 0.2) is 48.5 Å². The summed E-state index contributed by atoms with van der Waals surface area (Å²) >= 11 is 6.44. The molecule has 0 spiro atoms. The molecule has 1 aliphatic rings. The van der Waals surface area contributed by atoms with Crippen molar-refractivity contribution in [2.45, 2.75) is 31.2 Å². The zero-order valence-electron chi connectivity index (χ0n) is 15.9. The van der Waals surface area contributed by atoms with Gasteiger partial charge in [-0.2, -0.15) is 0 Å². The van der Waals surface area contributed by atoms with Crippen molar-refractivity contribution >= 4 is 29.3 Å². The molecule has 1 aliphatic carbocycles. The number of rotatable bonds is 4. The Morgan fingerprint density at radius 2 is 1.79 bits per heavy atom. The lowest BCUT2D eigenvalue weighted by Gasteiger charge is -2.44. The summed E-state index contributed by atoms with van der Waals surface area (Å²) in [6.07, 6.45) is 2.52. The number of amides is 1. The predicted molar refractivity (Wildman–Crippen MR) is 106 cm³/mol. The van der Waals surface area contributed by atoms with E-state index in [1.165, 1.54) is 18.1 Å². The lowest BCUT2D eigenvalue weighted by atomic mass is 9.74. The number of ether oxygens (including phenoxy) is 1. The van der Waals surface area contributed by atoms with Crippen molar-refractivity contribution in [2.24, 2.45) is 0 Å². The van der Waals surface area contributed by atoms with Crippen molar-refractivity contribution in [2.75, 3.05) is 14.2 Å². The number of Topliss-reactive ketones (excluding diaryl/α,β-unsaturated/α-hetero) is 1. The molecule has 0 heterocycles. The van der Waals surface area contributed by atoms with Crippen LogP contribution in [0, 0.1) is 0 Å². The molecule has 5 nitrogen and oxygen atoms in total. The van der Waals surface area contributed by atoms with Crippen molar-refractivity contribution in [1.82, 2.24) is 4.90 Å². The molecule has 3 rings (SSSR count). The van der Waals surface area contributed by atoms with E-state index in [0.717, 1.165) is 12.8 Å². The summed E-state index contributed by atoms with van der Waals surface area (Å²) in [5.41, 5.74) is 0.120. The van der Waals surface area contributed by atoms with Gasteiger partial charge in [0.2, 0.25) is 0 Å². The molecule has 0 radical (unpaired) electrons. The molecule has 6 heteroatoms. The maximum Gasteiger partial charge on any atom is 0.337 e. The largest absolute Gasteiger partial charge is 0.465 e. The van der Waals surface area contributed by atoms with E-state index in [9.17, 15) is 14.4 Å². The minimum Gasteiger partial charge on any atom is -0.465 e. The highest BCUT2D eigenvalue weighted by atomic mass is 35.5. The van der Waals surface area contributed by atoms with Crippen molar-refractivity contribution in [3.05, 3.63) is 70.2 Å². The number of hydrogen-bond donors (Lipinski definition) is 0. The van der Waals surface area contributed by atoms with Crippen LogP contribution in [0.25, 0.3) is 0 Å². The van der Waals surface area contributed by atoms with Gasteiger partial charge in [0.15, 0.2) is 5.78 Å². The van der Waals surface area contributed by atoms with Crippen LogP contribution >= 0.6 is 11.6 Å². The van der Waals surface area contributed by atoms with E-state index in [1.807, 2.05) is 6.07 Å². The van der Waals surface area contributed by atoms with Crippen molar-refractivity contribution in [1.29, 1.82) is 0 Å². The van der Waals surface area contributed by atoms with Crippen molar-refractivity contribution < 1.29 is 19.1 Å². The Kier molecular flexibility index (Phi) is 5.84. The maximum atomic E-state index is 13.3. The first-order chi connectivity index (χ1) is 13.4. The van der Waals surface area contributed by atoms with Gasteiger partial charge in [-0.3, -0.25) is 9.59 Å². The third kappa shape index (κ3) is 3.42. The second-order valence-corrected chi connectivity index (χ2v) is 7.31. The van der Waals surface area contributed by atoms with Crippen LogP contribution in [0.5, 0.6) is 0 Å². The van der Waals surface area contributed by atoms with Gasteiger partial charge in [0.25, 0.3) is 5.91 Å². The van der Waals surface area contributed by atoms with Crippen LogP contribution < -0.4 is 0 Å². The minimum absolute atomic E-state index is 0.0215. The molecular weight excluding hydrogens is 378 g/mol. The zero-order valence-corrected chi connectivity index (χ0v) is 16.7. The molecule has 1 atom stereocenters. The van der Waals surface area contributed by atoms with Gasteiger partial charge in [-0.1, -0.05) is 35.9 Å². The molecular formula is C22H22ClNO4. The van der Waals surface area contributed by atoms with Gasteiger partial charge in [-0.25, -0.2) is 4.79 Å². The number of likely N-dealkylation sites (N-methyl/N-ethyl adjacent to an activating group) is 1. The van der Waals surface area contributed by atoms with E-state index in [4.69, 9.17) is 16.3 Å². The van der Waals surface area contributed by atoms with Crippen LogP contribution in [0.3, 0.4) is 0 Å². The number of halogens is 1. The Hall–Kier alpha value is -2.66. The van der Waals surface area contributed by atoms with Gasteiger partial charge >= 0.3 is 5.97 Å². The number of methoxy groups -OCH3 is 1. The summed E-state index contributed by atoms with van der Waals surface area (Å²) in [6.45, 7) is 0. The molecule has 0 saturated heterocycles. The molecule has 1 amide bonds. The molecule has 0 aromatic heterocycles. The molecule has 146 valence electrons. The molecule has 2 aromatic rings. The highest BCUT2D eigenvalue weighted by molar-refractivity contribution is 6.31. The number of esters is 1. The number of benzene rings is 2. The Bertz CT molecular complexity index is 926. The third-order valence-corrected chi connectivity index (χ3v) is 5.71. The lowest BCUT2D eigenvalue weighted by molar-refractivity contribution is -0.132. The van der Waals surface area contributed by atoms with E-state index < -0.39 is 11.5 Å². The third-order valence-electron chi connectivity index (χ3n) is 5.38. The Morgan fingerprint density at radius 3 is 2.46 bits per heavy atom. The molecule has 1 unspecified atom stereocenters. The summed E-state index contributed by atoms with van der Waals surface area (Å²) in [4.78, 5) is 39.8. The van der Waals surface area contributed by atoms with Crippen LogP contribution in [-0.2, 0) is 15.1 Å². The van der Waals surface area contributed by atoms with E-state index >= 15 is 0 Å². The normalized spacial score (nSPS) is 19.2. The highest BCUT2D eigenvalue weighted by Gasteiger charge is 2.48. The van der Waals surface area contributed by atoms with Gasteiger partial charge in [0.05, 0.1) is 12.7 Å². The number of carbonyl (C=O) groups is 3. The Morgan fingerprint density at radius 1 is 1.07 bits per heavy atom. The van der Waals surface area contributed by atoms with Gasteiger partial charge in [-0.05, 0) is 43.5 Å². The smallest absolute Gasteiger partial charge is 0.337 e. The number of carbonyl (C=O) groups excluding carboxylic acids is 3. The van der Waals surface area contributed by atoms with Crippen LogP contribution in [-0.4, -0.2) is 36.7 Å². The summed E-state index contributed by atoms with van der Waals surface area (Å²) in [6, 6.07) is 13.5. The van der Waals surface area contributed by atoms with E-state index in [-0.39, 0.29) is 17.3 Å². The van der Waals surface area contributed by atoms with E-state index in [0.29, 0.717) is 29.0 Å². The van der Waals surface area contributed by atoms with Gasteiger partial charge in [-0.15, -0.1) is 0 Å². The SMILES string of the molecule is COC(=O)c1cccc(C(=O)N(C)C2(c3ccccc3Cl)CCCCC2=O)c1. The van der Waals surface area contributed by atoms with Gasteiger partial charge < -0.3 is 9.64 Å². The Labute approximate surface area is 169 Å². The number of hydrogen-bond acceptors (Lipinski definition) is 4. The number of ketones is 1. The fourth-order valence-corrected chi connectivity index (χ4v) is 4.19. The monoisotopic (exact) mass is 399 g/mol. The van der Waals surface area contributed by atoms with Crippen molar-refractivity contribution in [3.8, 4) is 0 Å². The fraction of sp³-hybridized carbons (Fsp3) is 0.318. The summed E-state index contributed by atoms with van der Waals surface area (Å²) in [7, 11) is 2.91. The topological polar surface area (TPSA) is 63.7 Å². The summed E-state index contributed by atoms with van der Waals surface area (Å²) in [5, 5.41) is 0.459. The quantitative estimate of drug-likeness (QED) is 0.721. The highest BCUT2D eigenvalue weighted by Crippen LogP contribution is 2.42. The summed E-state index contributed by atoms with van der Waals surface area (Å²) in [5.74, 6) is -0.889. The summed E-state index contributed by atoms with van der Waals surface area (Å²) < 4.78 is 4.73. The maximum absolute atomic E-state index is 13.3. The average Bonchev–Trinajstić information content (AvgIpc) is 2.73. The van der Waals surface area contributed by atoms with Gasteiger partial charge in [0, 0.05) is 29.6 Å². The van der Waals surface area contributed by atoms with Crippen LogP contribution in [0.2, 0.25) is 5.02 Å². The van der Waals surface area contributed by atoms with Gasteiger partial charge in [0.1, 0.15) is 5.54 Å². The second kappa shape index (κ2) is 8.15. The molecule has 0 aliphatic heterocycles. The predicted octanol–water partition coefficient (Wildman–Crippen LogP) is 4.24. The van der Waals surface area contributed by atoms with Crippen molar-refractivity contribution in [3.63, 3.8) is 0 Å².